The summed E-state index contributed by atoms with van der Waals surface area (Å²) < 4.78 is 0. The molecule has 3 aromatic rings. The number of nitrogens with one attached hydrogen (secondary N) is 2. The first kappa shape index (κ1) is 22.8. The van der Waals surface area contributed by atoms with Gasteiger partial charge in [0.25, 0.3) is 0 Å². The van der Waals surface area contributed by atoms with E-state index < -0.39 is 0 Å². The number of benzene rings is 3. The molecule has 6 heteroatoms. The molecule has 6 nitrogen and oxygen atoms in total. The molecule has 2 amide bonds. The minimum atomic E-state index is -0.295. The third-order valence-corrected chi connectivity index (χ3v) is 6.29. The molecule has 3 aromatic carbocycles. The molecule has 0 radical (unpaired) electrons. The summed E-state index contributed by atoms with van der Waals surface area (Å²) in [4.78, 5) is 19.1. The fourth-order valence-electron chi connectivity index (χ4n) is 4.46. The summed E-state index contributed by atoms with van der Waals surface area (Å²) in [6, 6.07) is 22.7. The molecule has 1 aliphatic heterocycles. The van der Waals surface area contributed by atoms with Crippen LogP contribution in [0, 0.1) is 12.8 Å². The van der Waals surface area contributed by atoms with E-state index in [9.17, 15) is 4.79 Å². The number of hydrogen-bond donors (Lipinski definition) is 3. The number of likely N-dealkylation sites (tertiary alicyclic amines) is 1. The summed E-state index contributed by atoms with van der Waals surface area (Å²) >= 11 is 0. The first-order valence-corrected chi connectivity index (χ1v) is 11.7. The molecule has 1 fully saturated rings. The maximum absolute atomic E-state index is 12.3. The number of aryl methyl sites for hydroxylation is 1. The highest BCUT2D eigenvalue weighted by Gasteiger charge is 2.20. The topological polar surface area (TPSA) is 82.8 Å². The average molecular weight is 444 g/mol. The van der Waals surface area contributed by atoms with Crippen molar-refractivity contribution in [2.45, 2.75) is 32.9 Å². The van der Waals surface area contributed by atoms with Gasteiger partial charge in [0.2, 0.25) is 0 Å². The van der Waals surface area contributed by atoms with Gasteiger partial charge in [-0.1, -0.05) is 72.3 Å². The lowest BCUT2D eigenvalue weighted by Crippen LogP contribution is -2.46. The first-order chi connectivity index (χ1) is 16.1. The Hall–Kier alpha value is -3.38. The zero-order chi connectivity index (χ0) is 23.0. The Labute approximate surface area is 195 Å². The van der Waals surface area contributed by atoms with Gasteiger partial charge in [0.15, 0.2) is 5.96 Å². The third-order valence-electron chi connectivity index (χ3n) is 6.29. The standard InChI is InChI=1S/C27H33N5O/c1-20-6-4-7-22(16-20)19-32-14-12-21(13-15-32)17-30-27(33)31-26(28)29-18-24-10-5-9-23-8-2-3-11-25(23)24/h2-11,16,21H,12-15,17-19H2,1H3,(H4,28,29,30,31,33). The summed E-state index contributed by atoms with van der Waals surface area (Å²) in [7, 11) is 0. The van der Waals surface area contributed by atoms with Gasteiger partial charge in [0.05, 0.1) is 6.54 Å². The van der Waals surface area contributed by atoms with E-state index in [0.29, 0.717) is 19.0 Å². The summed E-state index contributed by atoms with van der Waals surface area (Å²) in [5.41, 5.74) is 9.70. The van der Waals surface area contributed by atoms with Gasteiger partial charge >= 0.3 is 6.03 Å². The van der Waals surface area contributed by atoms with Gasteiger partial charge in [-0.25, -0.2) is 9.79 Å². The van der Waals surface area contributed by atoms with Gasteiger partial charge in [-0.2, -0.15) is 0 Å². The number of piperidine rings is 1. The lowest BCUT2D eigenvalue weighted by atomic mass is 9.96. The number of rotatable bonds is 6. The van der Waals surface area contributed by atoms with E-state index in [1.807, 2.05) is 24.3 Å². The van der Waals surface area contributed by atoms with Crippen LogP contribution < -0.4 is 16.4 Å². The molecule has 0 aliphatic carbocycles. The largest absolute Gasteiger partial charge is 0.370 e. The van der Waals surface area contributed by atoms with Crippen LogP contribution >= 0.6 is 0 Å². The summed E-state index contributed by atoms with van der Waals surface area (Å²) in [6.07, 6.45) is 2.16. The number of fused-ring (bicyclic) bond motifs is 1. The maximum Gasteiger partial charge on any atom is 0.321 e. The second kappa shape index (κ2) is 11.0. The van der Waals surface area contributed by atoms with Crippen molar-refractivity contribution in [1.29, 1.82) is 0 Å². The molecule has 172 valence electrons. The van der Waals surface area contributed by atoms with Crippen LogP contribution in [0.5, 0.6) is 0 Å². The second-order valence-corrected chi connectivity index (χ2v) is 8.88. The molecule has 1 saturated heterocycles. The summed E-state index contributed by atoms with van der Waals surface area (Å²) in [5, 5.41) is 7.92. The molecule has 0 bridgehead atoms. The molecule has 0 unspecified atom stereocenters. The molecule has 0 aromatic heterocycles. The van der Waals surface area contributed by atoms with Gasteiger partial charge in [-0.05, 0) is 60.7 Å². The molecule has 4 rings (SSSR count). The predicted octanol–water partition coefficient (Wildman–Crippen LogP) is 4.17. The summed E-state index contributed by atoms with van der Waals surface area (Å²) in [5.74, 6) is 0.617. The number of carbonyl (C=O) groups excluding carboxylic acids is 1. The highest BCUT2D eigenvalue weighted by Crippen LogP contribution is 2.20. The first-order valence-electron chi connectivity index (χ1n) is 11.7. The average Bonchev–Trinajstić information content (AvgIpc) is 2.82. The van der Waals surface area contributed by atoms with E-state index in [1.54, 1.807) is 0 Å². The van der Waals surface area contributed by atoms with E-state index in [0.717, 1.165) is 43.4 Å². The van der Waals surface area contributed by atoms with Crippen molar-refractivity contribution in [2.75, 3.05) is 19.6 Å². The van der Waals surface area contributed by atoms with E-state index in [2.05, 4.69) is 69.9 Å². The van der Waals surface area contributed by atoms with Gasteiger partial charge in [0, 0.05) is 13.1 Å². The Kier molecular flexibility index (Phi) is 7.58. The minimum absolute atomic E-state index is 0.133. The van der Waals surface area contributed by atoms with Crippen LogP contribution in [-0.2, 0) is 13.1 Å². The predicted molar refractivity (Wildman–Crippen MR) is 135 cm³/mol. The Morgan fingerprint density at radius 1 is 1.06 bits per heavy atom. The number of hydrogen-bond acceptors (Lipinski definition) is 3. The monoisotopic (exact) mass is 443 g/mol. The zero-order valence-corrected chi connectivity index (χ0v) is 19.3. The van der Waals surface area contributed by atoms with Gasteiger partial charge in [-0.15, -0.1) is 0 Å². The number of nitrogens with zero attached hydrogens (tertiary/aromatic N) is 2. The second-order valence-electron chi connectivity index (χ2n) is 8.88. The fraction of sp³-hybridized carbons (Fsp3) is 0.333. The highest BCUT2D eigenvalue weighted by atomic mass is 16.2. The van der Waals surface area contributed by atoms with E-state index >= 15 is 0 Å². The van der Waals surface area contributed by atoms with Gasteiger partial charge < -0.3 is 11.1 Å². The third kappa shape index (κ3) is 6.56. The van der Waals surface area contributed by atoms with Crippen LogP contribution in [-0.4, -0.2) is 36.5 Å². The van der Waals surface area contributed by atoms with Crippen LogP contribution in [0.15, 0.2) is 71.7 Å². The molecular formula is C27H33N5O. The Balaban J connectivity index is 1.19. The molecule has 0 saturated carbocycles. The van der Waals surface area contributed by atoms with Gasteiger partial charge in [-0.3, -0.25) is 10.2 Å². The molecule has 0 atom stereocenters. The number of nitrogens with two attached hydrogens (primary N) is 1. The van der Waals surface area contributed by atoms with Crippen molar-refractivity contribution < 1.29 is 4.79 Å². The van der Waals surface area contributed by atoms with E-state index in [1.165, 1.54) is 16.5 Å². The molecule has 1 aliphatic rings. The molecule has 4 N–H and O–H groups in total. The van der Waals surface area contributed by atoms with Crippen molar-refractivity contribution in [2.24, 2.45) is 16.6 Å². The number of carbonyl (C=O) groups is 1. The fourth-order valence-corrected chi connectivity index (χ4v) is 4.46. The number of amides is 2. The molecule has 0 spiro atoms. The highest BCUT2D eigenvalue weighted by molar-refractivity contribution is 5.95. The number of guanidine groups is 1. The smallest absolute Gasteiger partial charge is 0.321 e. The zero-order valence-electron chi connectivity index (χ0n) is 19.3. The van der Waals surface area contributed by atoms with Crippen LogP contribution in [0.1, 0.15) is 29.5 Å². The molecule has 33 heavy (non-hydrogen) atoms. The Bertz CT molecular complexity index is 1110. The number of aliphatic imine (C=N–C) groups is 1. The normalized spacial score (nSPS) is 15.5. The van der Waals surface area contributed by atoms with Crippen molar-refractivity contribution in [3.05, 3.63) is 83.4 Å². The minimum Gasteiger partial charge on any atom is -0.370 e. The van der Waals surface area contributed by atoms with Crippen molar-refractivity contribution in [3.8, 4) is 0 Å². The Morgan fingerprint density at radius 2 is 1.82 bits per heavy atom. The van der Waals surface area contributed by atoms with E-state index in [4.69, 9.17) is 5.73 Å². The lowest BCUT2D eigenvalue weighted by Gasteiger charge is -2.32. The lowest BCUT2D eigenvalue weighted by molar-refractivity contribution is 0.175. The molecular weight excluding hydrogens is 410 g/mol. The SMILES string of the molecule is Cc1cccc(CN2CCC(CNC(=O)NC(N)=NCc3cccc4ccccc34)CC2)c1. The van der Waals surface area contributed by atoms with Crippen molar-refractivity contribution >= 4 is 22.8 Å². The Morgan fingerprint density at radius 3 is 2.64 bits per heavy atom. The number of urea groups is 1. The molecule has 1 heterocycles. The van der Waals surface area contributed by atoms with Crippen molar-refractivity contribution in [1.82, 2.24) is 15.5 Å². The van der Waals surface area contributed by atoms with Crippen molar-refractivity contribution in [3.63, 3.8) is 0 Å². The van der Waals surface area contributed by atoms with Gasteiger partial charge in [0.1, 0.15) is 0 Å². The maximum atomic E-state index is 12.3. The van der Waals surface area contributed by atoms with Crippen LogP contribution in [0.4, 0.5) is 4.79 Å². The quantitative estimate of drug-likeness (QED) is 0.395. The van der Waals surface area contributed by atoms with E-state index in [-0.39, 0.29) is 12.0 Å². The summed E-state index contributed by atoms with van der Waals surface area (Å²) in [6.45, 7) is 6.31. The van der Waals surface area contributed by atoms with Crippen LogP contribution in [0.2, 0.25) is 0 Å². The van der Waals surface area contributed by atoms with Crippen LogP contribution in [0.25, 0.3) is 10.8 Å². The van der Waals surface area contributed by atoms with Crippen LogP contribution in [0.3, 0.4) is 0 Å².